The van der Waals surface area contributed by atoms with Crippen LogP contribution >= 0.6 is 0 Å². The zero-order valence-electron chi connectivity index (χ0n) is 34.0. The predicted octanol–water partition coefficient (Wildman–Crippen LogP) is 10.6. The lowest BCUT2D eigenvalue weighted by atomic mass is 9.90. The van der Waals surface area contributed by atoms with E-state index < -0.39 is 20.1 Å². The summed E-state index contributed by atoms with van der Waals surface area (Å²) < 4.78 is 72.0. The first-order valence-corrected chi connectivity index (χ1v) is 22.9. The molecule has 302 valence electrons. The number of hydrogen-bond acceptors (Lipinski definition) is 7. The quantitative estimate of drug-likeness (QED) is 0.0707. The minimum atomic E-state index is -4.57. The molecule has 0 aromatic heterocycles. The van der Waals surface area contributed by atoms with E-state index in [4.69, 9.17) is 9.41 Å². The third kappa shape index (κ3) is 9.44. The van der Waals surface area contributed by atoms with Gasteiger partial charge in [-0.05, 0) is 104 Å². The van der Waals surface area contributed by atoms with Crippen LogP contribution in [0.25, 0.3) is 33.4 Å². The monoisotopic (exact) mass is 809 g/mol. The maximum Gasteiger partial charge on any atom is 0.295 e. The highest BCUT2D eigenvalue weighted by atomic mass is 32.2. The summed E-state index contributed by atoms with van der Waals surface area (Å²) in [5, 5.41) is 4.93. The topological polar surface area (TPSA) is 138 Å². The van der Waals surface area contributed by atoms with Crippen molar-refractivity contribution in [3.8, 4) is 22.5 Å². The Bertz CT molecular complexity index is 2580. The lowest BCUT2D eigenvalue weighted by Gasteiger charge is -2.29. The Balaban J connectivity index is 1.40. The number of rotatable bonds is 15. The van der Waals surface area contributed by atoms with Crippen molar-refractivity contribution in [2.24, 2.45) is 16.8 Å². The van der Waals surface area contributed by atoms with Gasteiger partial charge in [0.15, 0.2) is 0 Å². The Morgan fingerprint density at radius 3 is 2.28 bits per heavy atom. The molecule has 3 aromatic carbocycles. The molecular weight excluding hydrogens is 755 g/mol. The maximum atomic E-state index is 13.4. The second-order valence-corrected chi connectivity index (χ2v) is 18.6. The highest BCUT2D eigenvalue weighted by Crippen LogP contribution is 2.43. The zero-order chi connectivity index (χ0) is 41.1. The molecule has 3 unspecified atom stereocenters. The van der Waals surface area contributed by atoms with Gasteiger partial charge in [0.1, 0.15) is 16.2 Å². The van der Waals surface area contributed by atoms with E-state index in [1.54, 1.807) is 30.4 Å². The number of hydrogen-bond donors (Lipinski definition) is 3. The molecule has 57 heavy (non-hydrogen) atoms. The summed E-state index contributed by atoms with van der Waals surface area (Å²) in [5.41, 5.74) is 8.04. The van der Waals surface area contributed by atoms with Crippen LogP contribution < -0.4 is 15.4 Å². The summed E-state index contributed by atoms with van der Waals surface area (Å²) in [5.74, 6) is 0.638. The fraction of sp³-hybridized carbons (Fsp3) is 0.370. The molecule has 6 rings (SSSR count). The van der Waals surface area contributed by atoms with Gasteiger partial charge >= 0.3 is 0 Å². The molecule has 2 aliphatic carbocycles. The van der Waals surface area contributed by atoms with Crippen molar-refractivity contribution in [2.45, 2.75) is 97.9 Å². The van der Waals surface area contributed by atoms with Gasteiger partial charge in [0.25, 0.3) is 10.1 Å². The minimum absolute atomic E-state index is 0.155. The van der Waals surface area contributed by atoms with Crippen LogP contribution in [-0.4, -0.2) is 34.0 Å². The number of unbranched alkanes of at least 4 members (excludes halogenated alkanes) is 1. The summed E-state index contributed by atoms with van der Waals surface area (Å²) in [6, 6.07) is 21.9. The molecule has 1 heterocycles. The zero-order valence-corrected chi connectivity index (χ0v) is 35.6. The fourth-order valence-electron chi connectivity index (χ4n) is 7.99. The number of anilines is 1. The van der Waals surface area contributed by atoms with E-state index in [0.717, 1.165) is 66.6 Å². The normalized spacial score (nSPS) is 17.2. The first-order chi connectivity index (χ1) is 27.1. The maximum absolute atomic E-state index is 13.4. The molecule has 0 spiro atoms. The molecule has 1 aliphatic heterocycles. The lowest BCUT2D eigenvalue weighted by Crippen LogP contribution is -2.34. The molecule has 3 N–H and O–H groups in total. The molecule has 0 saturated carbocycles. The van der Waals surface area contributed by atoms with Crippen LogP contribution in [0.1, 0.15) is 83.4 Å². The third-order valence-electron chi connectivity index (χ3n) is 11.0. The average molecular weight is 810 g/mol. The van der Waals surface area contributed by atoms with Gasteiger partial charge in [-0.1, -0.05) is 89.8 Å². The Hall–Kier alpha value is -4.55. The molecule has 0 amide bonds. The first-order valence-electron chi connectivity index (χ1n) is 20.0. The molecule has 9 nitrogen and oxygen atoms in total. The number of nitrogens with one attached hydrogen (secondary N) is 2. The van der Waals surface area contributed by atoms with Gasteiger partial charge in [0, 0.05) is 46.4 Å². The van der Waals surface area contributed by atoms with E-state index in [1.165, 1.54) is 11.6 Å². The Kier molecular flexibility index (Phi) is 12.9. The van der Waals surface area contributed by atoms with E-state index in [0.29, 0.717) is 51.2 Å². The van der Waals surface area contributed by atoms with Gasteiger partial charge in [-0.15, -0.1) is 0 Å². The van der Waals surface area contributed by atoms with E-state index in [-0.39, 0.29) is 21.8 Å². The van der Waals surface area contributed by atoms with Crippen molar-refractivity contribution in [3.63, 3.8) is 0 Å². The molecule has 3 atom stereocenters. The van der Waals surface area contributed by atoms with Crippen molar-refractivity contribution < 1.29 is 25.8 Å². The summed E-state index contributed by atoms with van der Waals surface area (Å²) in [6.07, 6.45) is 9.68. The van der Waals surface area contributed by atoms with Crippen LogP contribution in [0.3, 0.4) is 0 Å². The van der Waals surface area contributed by atoms with Crippen molar-refractivity contribution in [3.05, 3.63) is 117 Å². The second-order valence-electron chi connectivity index (χ2n) is 15.5. The lowest BCUT2D eigenvalue weighted by molar-refractivity contribution is 0.444. The predicted molar refractivity (Wildman–Crippen MR) is 232 cm³/mol. The molecular formula is C46H55N3O6S2. The van der Waals surface area contributed by atoms with Crippen molar-refractivity contribution >= 4 is 42.5 Å². The van der Waals surface area contributed by atoms with Crippen LogP contribution in [0.2, 0.25) is 0 Å². The highest BCUT2D eigenvalue weighted by molar-refractivity contribution is 7.93. The highest BCUT2D eigenvalue weighted by Gasteiger charge is 2.28. The molecule has 0 bridgehead atoms. The van der Waals surface area contributed by atoms with Crippen LogP contribution in [-0.2, 0) is 26.6 Å². The number of nitrogens with zero attached hydrogens (tertiary/aromatic N) is 1. The minimum Gasteiger partial charge on any atom is -0.456 e. The van der Waals surface area contributed by atoms with Crippen molar-refractivity contribution in [2.75, 3.05) is 11.9 Å². The van der Waals surface area contributed by atoms with Gasteiger partial charge in [-0.25, -0.2) is 18.1 Å². The first kappa shape index (κ1) is 42.1. The summed E-state index contributed by atoms with van der Waals surface area (Å²) in [6.45, 7) is 14.9. The third-order valence-corrected chi connectivity index (χ3v) is 13.4. The Labute approximate surface area is 338 Å². The number of benzene rings is 4. The number of allylic oxidation sites excluding steroid dienone is 1. The van der Waals surface area contributed by atoms with Gasteiger partial charge in [-0.3, -0.25) is 4.55 Å². The molecule has 3 aromatic rings. The van der Waals surface area contributed by atoms with Gasteiger partial charge in [0.05, 0.1) is 22.0 Å². The van der Waals surface area contributed by atoms with E-state index in [1.807, 2.05) is 50.2 Å². The number of aryl methyl sites for hydroxylation is 3. The van der Waals surface area contributed by atoms with Crippen LogP contribution in [0.4, 0.5) is 11.4 Å². The number of sulfonamides is 1. The number of fused-ring (bicyclic) bond motifs is 2. The summed E-state index contributed by atoms with van der Waals surface area (Å²) in [7, 11) is -8.25. The molecule has 0 radical (unpaired) electrons. The second kappa shape index (κ2) is 17.5. The molecule has 3 aliphatic rings. The molecule has 0 fully saturated rings. The van der Waals surface area contributed by atoms with E-state index in [2.05, 4.69) is 56.8 Å². The van der Waals surface area contributed by atoms with Crippen molar-refractivity contribution in [1.29, 1.82) is 0 Å². The van der Waals surface area contributed by atoms with E-state index in [9.17, 15) is 21.4 Å². The standard InChI is InChI=1S/C46H55N3O6S2/c1-8-11-15-33(10-3)28-47-56(50,51)37-24-31(6)46(32(7)25-37)49-36-19-21-39-42(27-36)55-41-26-35(48-45-29(4)22-34(14-9-2)23-30(45)5)18-20-38(41)44(39)40-16-12-13-17-43(40)57(52,53)54/h12-13,16-27,31,33,46-47,49H,8-11,14-15,28H2,1-7H3,(H,52,53,54). The van der Waals surface area contributed by atoms with Gasteiger partial charge < -0.3 is 9.73 Å². The molecule has 0 saturated heterocycles. The summed E-state index contributed by atoms with van der Waals surface area (Å²) >= 11 is 0. The van der Waals surface area contributed by atoms with Crippen LogP contribution in [0.15, 0.2) is 110 Å². The van der Waals surface area contributed by atoms with Gasteiger partial charge in [-0.2, -0.15) is 8.42 Å². The van der Waals surface area contributed by atoms with Gasteiger partial charge in [0.2, 0.25) is 10.0 Å². The van der Waals surface area contributed by atoms with Crippen LogP contribution in [0.5, 0.6) is 0 Å². The average Bonchev–Trinajstić information content (AvgIpc) is 3.16. The van der Waals surface area contributed by atoms with Crippen LogP contribution in [0, 0.1) is 25.7 Å². The Morgan fingerprint density at radius 1 is 0.877 bits per heavy atom. The van der Waals surface area contributed by atoms with E-state index >= 15 is 0 Å². The largest absolute Gasteiger partial charge is 0.456 e. The Morgan fingerprint density at radius 2 is 1.61 bits per heavy atom. The summed E-state index contributed by atoms with van der Waals surface area (Å²) in [4.78, 5) is 5.11. The SMILES string of the molecule is CCCCC(CC)CNS(=O)(=O)C1=CC(C)C(Nc2ccc3c(-c4ccccc4S(=O)(=O)O)c4ccc(=Nc5c(C)cc(CCC)cc5C)cc-4oc3c2)C(C)=C1. The smallest absolute Gasteiger partial charge is 0.295 e. The fourth-order valence-corrected chi connectivity index (χ4v) is 10.0. The van der Waals surface area contributed by atoms with Crippen molar-refractivity contribution in [1.82, 2.24) is 4.72 Å². The molecule has 11 heteroatoms.